The number of nitrogens with one attached hydrogen (secondary N) is 1. The van der Waals surface area contributed by atoms with Crippen LogP contribution >= 0.6 is 0 Å². The van der Waals surface area contributed by atoms with Crippen molar-refractivity contribution in [1.82, 2.24) is 10.2 Å². The predicted molar refractivity (Wildman–Crippen MR) is 120 cm³/mol. The highest BCUT2D eigenvalue weighted by Crippen LogP contribution is 2.38. The molecule has 1 fully saturated rings. The number of amides is 2. The van der Waals surface area contributed by atoms with Crippen LogP contribution < -0.4 is 10.1 Å². The second kappa shape index (κ2) is 9.64. The van der Waals surface area contributed by atoms with E-state index < -0.39 is 11.7 Å². The number of nitrogens with zero attached hydrogens (tertiary/aromatic N) is 1. The van der Waals surface area contributed by atoms with Gasteiger partial charge in [0.05, 0.1) is 13.0 Å². The van der Waals surface area contributed by atoms with Crippen molar-refractivity contribution in [3.05, 3.63) is 101 Å². The first kappa shape index (κ1) is 21.6. The van der Waals surface area contributed by atoms with Crippen LogP contribution in [0.5, 0.6) is 5.75 Å². The molecule has 3 aromatic rings. The Kier molecular flexibility index (Phi) is 6.50. The summed E-state index contributed by atoms with van der Waals surface area (Å²) in [4.78, 5) is 28.0. The van der Waals surface area contributed by atoms with E-state index in [1.807, 2.05) is 54.6 Å². The van der Waals surface area contributed by atoms with Gasteiger partial charge in [-0.25, -0.2) is 4.39 Å². The number of hydrogen-bond donors (Lipinski definition) is 1. The minimum atomic E-state index is -0.431. The molecule has 1 heterocycles. The fourth-order valence-corrected chi connectivity index (χ4v) is 4.21. The number of carbonyl (C=O) groups excluding carboxylic acids is 2. The first-order chi connectivity index (χ1) is 15.6. The molecule has 3 aromatic carbocycles. The molecule has 1 N–H and O–H groups in total. The van der Waals surface area contributed by atoms with Crippen molar-refractivity contribution in [2.45, 2.75) is 12.5 Å². The predicted octanol–water partition coefficient (Wildman–Crippen LogP) is 4.01. The molecule has 6 heteroatoms. The molecule has 0 aliphatic carbocycles. The van der Waals surface area contributed by atoms with Crippen molar-refractivity contribution in [1.29, 1.82) is 0 Å². The van der Waals surface area contributed by atoms with Crippen LogP contribution in [-0.2, 0) is 11.3 Å². The summed E-state index contributed by atoms with van der Waals surface area (Å²) in [5.74, 6) is -0.685. The van der Waals surface area contributed by atoms with Crippen LogP contribution in [0.25, 0.3) is 0 Å². The summed E-state index contributed by atoms with van der Waals surface area (Å²) >= 11 is 0. The van der Waals surface area contributed by atoms with E-state index in [4.69, 9.17) is 4.74 Å². The third kappa shape index (κ3) is 4.64. The van der Waals surface area contributed by atoms with E-state index in [1.165, 1.54) is 24.3 Å². The number of para-hydroxylation sites is 1. The summed E-state index contributed by atoms with van der Waals surface area (Å²) in [6, 6.07) is 22.8. The number of likely N-dealkylation sites (tertiary alicyclic amines) is 1. The number of carbonyl (C=O) groups is 2. The van der Waals surface area contributed by atoms with Crippen LogP contribution in [0.3, 0.4) is 0 Å². The first-order valence-corrected chi connectivity index (χ1v) is 10.6. The molecule has 0 aromatic heterocycles. The summed E-state index contributed by atoms with van der Waals surface area (Å²) in [5, 5.41) is 3.02. The number of ether oxygens (including phenoxy) is 1. The highest BCUT2D eigenvalue weighted by molar-refractivity contribution is 5.95. The molecular weight excluding hydrogens is 407 g/mol. The zero-order chi connectivity index (χ0) is 22.5. The van der Waals surface area contributed by atoms with Crippen LogP contribution in [-0.4, -0.2) is 36.9 Å². The Hall–Kier alpha value is -3.67. The van der Waals surface area contributed by atoms with Crippen molar-refractivity contribution in [2.75, 3.05) is 20.2 Å². The van der Waals surface area contributed by atoms with Gasteiger partial charge in [-0.1, -0.05) is 48.5 Å². The molecule has 0 bridgehead atoms. The molecule has 0 unspecified atom stereocenters. The highest BCUT2D eigenvalue weighted by Gasteiger charge is 2.41. The number of halogens is 1. The average molecular weight is 432 g/mol. The minimum Gasteiger partial charge on any atom is -0.496 e. The maximum Gasteiger partial charge on any atom is 0.253 e. The Balaban J connectivity index is 1.58. The van der Waals surface area contributed by atoms with Crippen LogP contribution in [0.15, 0.2) is 78.9 Å². The molecule has 4 rings (SSSR count). The third-order valence-electron chi connectivity index (χ3n) is 5.88. The van der Waals surface area contributed by atoms with Crippen molar-refractivity contribution >= 4 is 11.8 Å². The van der Waals surface area contributed by atoms with Gasteiger partial charge in [-0.3, -0.25) is 9.59 Å². The van der Waals surface area contributed by atoms with E-state index in [2.05, 4.69) is 5.32 Å². The van der Waals surface area contributed by atoms with Gasteiger partial charge in [-0.15, -0.1) is 0 Å². The van der Waals surface area contributed by atoms with Crippen molar-refractivity contribution < 1.29 is 18.7 Å². The first-order valence-electron chi connectivity index (χ1n) is 10.6. The van der Waals surface area contributed by atoms with E-state index in [0.29, 0.717) is 24.4 Å². The second-order valence-corrected chi connectivity index (χ2v) is 7.88. The van der Waals surface area contributed by atoms with E-state index in [0.717, 1.165) is 11.1 Å². The van der Waals surface area contributed by atoms with Gasteiger partial charge in [0.25, 0.3) is 5.91 Å². The van der Waals surface area contributed by atoms with E-state index in [9.17, 15) is 14.0 Å². The number of hydrogen-bond acceptors (Lipinski definition) is 3. The average Bonchev–Trinajstić information content (AvgIpc) is 3.28. The van der Waals surface area contributed by atoms with Gasteiger partial charge in [0, 0.05) is 31.1 Å². The molecule has 0 saturated carbocycles. The minimum absolute atomic E-state index is 0.112. The lowest BCUT2D eigenvalue weighted by atomic mass is 9.87. The molecule has 164 valence electrons. The Morgan fingerprint density at radius 3 is 2.38 bits per heavy atom. The quantitative estimate of drug-likeness (QED) is 0.640. The molecule has 0 spiro atoms. The van der Waals surface area contributed by atoms with Crippen molar-refractivity contribution in [3.63, 3.8) is 0 Å². The molecule has 0 radical (unpaired) electrons. The summed E-state index contributed by atoms with van der Waals surface area (Å²) < 4.78 is 18.8. The van der Waals surface area contributed by atoms with Gasteiger partial charge in [-0.05, 0) is 41.5 Å². The Bertz CT molecular complexity index is 1090. The van der Waals surface area contributed by atoms with E-state index in [1.54, 1.807) is 12.0 Å². The van der Waals surface area contributed by atoms with Crippen molar-refractivity contribution in [3.8, 4) is 5.75 Å². The fourth-order valence-electron chi connectivity index (χ4n) is 4.21. The SMILES string of the molecule is COc1ccccc1[C@H]1CN(C(=O)c2ccc(F)cc2)C[C@H]1C(=O)NCc1ccccc1. The normalized spacial score (nSPS) is 17.8. The Morgan fingerprint density at radius 2 is 1.66 bits per heavy atom. The van der Waals surface area contributed by atoms with E-state index >= 15 is 0 Å². The number of methoxy groups -OCH3 is 1. The zero-order valence-electron chi connectivity index (χ0n) is 17.8. The Labute approximate surface area is 186 Å². The topological polar surface area (TPSA) is 58.6 Å². The lowest BCUT2D eigenvalue weighted by Crippen LogP contribution is -2.35. The lowest BCUT2D eigenvalue weighted by Gasteiger charge is -2.20. The summed E-state index contributed by atoms with van der Waals surface area (Å²) in [6.45, 7) is 1.07. The summed E-state index contributed by atoms with van der Waals surface area (Å²) in [5.41, 5.74) is 2.30. The van der Waals surface area contributed by atoms with Gasteiger partial charge in [0.2, 0.25) is 5.91 Å². The maximum absolute atomic E-state index is 13.3. The molecular formula is C26H25FN2O3. The van der Waals surface area contributed by atoms with Crippen LogP contribution in [0.1, 0.15) is 27.4 Å². The molecule has 1 aliphatic rings. The number of benzene rings is 3. The van der Waals surface area contributed by atoms with Gasteiger partial charge in [0.15, 0.2) is 0 Å². The molecule has 2 amide bonds. The molecule has 5 nitrogen and oxygen atoms in total. The standard InChI is InChI=1S/C26H25FN2O3/c1-32-24-10-6-5-9-21(24)22-16-29(26(31)19-11-13-20(27)14-12-19)17-23(22)25(30)28-15-18-7-3-2-4-8-18/h2-14,22-23H,15-17H2,1H3,(H,28,30)/t22-,23-/m1/s1. The zero-order valence-corrected chi connectivity index (χ0v) is 17.8. The second-order valence-electron chi connectivity index (χ2n) is 7.88. The van der Waals surface area contributed by atoms with Crippen LogP contribution in [0, 0.1) is 11.7 Å². The van der Waals surface area contributed by atoms with Gasteiger partial charge >= 0.3 is 0 Å². The molecule has 32 heavy (non-hydrogen) atoms. The molecule has 1 saturated heterocycles. The van der Waals surface area contributed by atoms with Gasteiger partial charge in [0.1, 0.15) is 11.6 Å². The highest BCUT2D eigenvalue weighted by atomic mass is 19.1. The van der Waals surface area contributed by atoms with Gasteiger partial charge < -0.3 is 15.0 Å². The smallest absolute Gasteiger partial charge is 0.253 e. The summed E-state index contributed by atoms with van der Waals surface area (Å²) in [7, 11) is 1.60. The monoisotopic (exact) mass is 432 g/mol. The lowest BCUT2D eigenvalue weighted by molar-refractivity contribution is -0.125. The molecule has 2 atom stereocenters. The third-order valence-corrected chi connectivity index (χ3v) is 5.88. The maximum atomic E-state index is 13.3. The molecule has 1 aliphatic heterocycles. The van der Waals surface area contributed by atoms with Gasteiger partial charge in [-0.2, -0.15) is 0 Å². The fraction of sp³-hybridized carbons (Fsp3) is 0.231. The Morgan fingerprint density at radius 1 is 0.969 bits per heavy atom. The largest absolute Gasteiger partial charge is 0.496 e. The van der Waals surface area contributed by atoms with Crippen LogP contribution in [0.4, 0.5) is 4.39 Å². The van der Waals surface area contributed by atoms with Crippen molar-refractivity contribution in [2.24, 2.45) is 5.92 Å². The summed E-state index contributed by atoms with van der Waals surface area (Å²) in [6.07, 6.45) is 0. The van der Waals surface area contributed by atoms with Crippen LogP contribution in [0.2, 0.25) is 0 Å². The number of rotatable bonds is 6. The van der Waals surface area contributed by atoms with E-state index in [-0.39, 0.29) is 24.3 Å².